The highest BCUT2D eigenvalue weighted by molar-refractivity contribution is 5.86. The van der Waals surface area contributed by atoms with Crippen molar-refractivity contribution in [2.75, 3.05) is 13.6 Å². The summed E-state index contributed by atoms with van der Waals surface area (Å²) in [7, 11) is 1.96. The van der Waals surface area contributed by atoms with Crippen LogP contribution in [0.5, 0.6) is 0 Å². The maximum atomic E-state index is 12.6. The molecule has 1 aliphatic rings. The molecule has 0 saturated carbocycles. The maximum Gasteiger partial charge on any atom is 0.242 e. The summed E-state index contributed by atoms with van der Waals surface area (Å²) in [5.41, 5.74) is -0.258. The van der Waals surface area contributed by atoms with Gasteiger partial charge in [0.15, 0.2) is 0 Å². The predicted molar refractivity (Wildman–Crippen MR) is 72.0 cm³/mol. The van der Waals surface area contributed by atoms with Crippen LogP contribution in [0.15, 0.2) is 0 Å². The minimum atomic E-state index is -0.258. The number of rotatable bonds is 6. The smallest absolute Gasteiger partial charge is 0.242 e. The van der Waals surface area contributed by atoms with Gasteiger partial charge in [-0.25, -0.2) is 0 Å². The molecule has 0 aromatic heterocycles. The van der Waals surface area contributed by atoms with Gasteiger partial charge < -0.3 is 10.2 Å². The maximum absolute atomic E-state index is 12.6. The summed E-state index contributed by atoms with van der Waals surface area (Å²) in [6.07, 6.45) is 6.38. The molecule has 0 spiro atoms. The first-order chi connectivity index (χ1) is 8.07. The van der Waals surface area contributed by atoms with Crippen molar-refractivity contribution in [3.05, 3.63) is 0 Å². The van der Waals surface area contributed by atoms with Crippen LogP contribution in [0.3, 0.4) is 0 Å². The Morgan fingerprint density at radius 1 is 1.41 bits per heavy atom. The van der Waals surface area contributed by atoms with Crippen molar-refractivity contribution in [2.45, 2.75) is 70.9 Å². The highest BCUT2D eigenvalue weighted by atomic mass is 16.2. The topological polar surface area (TPSA) is 32.3 Å². The van der Waals surface area contributed by atoms with Crippen molar-refractivity contribution in [3.8, 4) is 0 Å². The van der Waals surface area contributed by atoms with Gasteiger partial charge in [0.25, 0.3) is 0 Å². The van der Waals surface area contributed by atoms with Crippen LogP contribution in [-0.4, -0.2) is 36.0 Å². The number of nitrogens with one attached hydrogen (secondary N) is 1. The third kappa shape index (κ3) is 3.21. The summed E-state index contributed by atoms with van der Waals surface area (Å²) in [6.45, 7) is 7.46. The summed E-state index contributed by atoms with van der Waals surface area (Å²) < 4.78 is 0. The Kier molecular flexibility index (Phi) is 5.44. The standard InChI is InChI=1S/C14H28N2O/c1-5-8-12(3)16(4)13(17)14(9-6-2)10-7-11-15-14/h12,15H,5-11H2,1-4H3. The van der Waals surface area contributed by atoms with E-state index >= 15 is 0 Å². The minimum Gasteiger partial charge on any atom is -0.341 e. The lowest BCUT2D eigenvalue weighted by atomic mass is 9.89. The fourth-order valence-corrected chi connectivity index (χ4v) is 2.89. The van der Waals surface area contributed by atoms with Crippen LogP contribution in [0.25, 0.3) is 0 Å². The van der Waals surface area contributed by atoms with Crippen LogP contribution < -0.4 is 5.32 Å². The van der Waals surface area contributed by atoms with Gasteiger partial charge in [0, 0.05) is 13.1 Å². The average molecular weight is 240 g/mol. The van der Waals surface area contributed by atoms with Gasteiger partial charge in [-0.2, -0.15) is 0 Å². The minimum absolute atomic E-state index is 0.258. The summed E-state index contributed by atoms with van der Waals surface area (Å²) >= 11 is 0. The molecule has 3 nitrogen and oxygen atoms in total. The van der Waals surface area contributed by atoms with Crippen molar-refractivity contribution >= 4 is 5.91 Å². The van der Waals surface area contributed by atoms with Gasteiger partial charge in [-0.15, -0.1) is 0 Å². The SMILES string of the molecule is CCCC(C)N(C)C(=O)C1(CCC)CCCN1. The number of amides is 1. The van der Waals surface area contributed by atoms with Crippen LogP contribution in [0, 0.1) is 0 Å². The molecule has 0 aliphatic carbocycles. The van der Waals surface area contributed by atoms with Gasteiger partial charge in [0.2, 0.25) is 5.91 Å². The van der Waals surface area contributed by atoms with Crippen molar-refractivity contribution in [2.24, 2.45) is 0 Å². The number of nitrogens with zero attached hydrogens (tertiary/aromatic N) is 1. The summed E-state index contributed by atoms with van der Waals surface area (Å²) in [5.74, 6) is 0.304. The monoisotopic (exact) mass is 240 g/mol. The molecule has 2 atom stereocenters. The van der Waals surface area contributed by atoms with Gasteiger partial charge in [-0.05, 0) is 39.2 Å². The summed E-state index contributed by atoms with van der Waals surface area (Å²) in [6, 6.07) is 0.351. The Bertz CT molecular complexity index is 247. The molecule has 1 amide bonds. The summed E-state index contributed by atoms with van der Waals surface area (Å²) in [4.78, 5) is 14.6. The first kappa shape index (κ1) is 14.5. The highest BCUT2D eigenvalue weighted by Gasteiger charge is 2.42. The van der Waals surface area contributed by atoms with Crippen LogP contribution in [0.1, 0.15) is 59.3 Å². The third-order valence-electron chi connectivity index (χ3n) is 4.02. The number of hydrogen-bond acceptors (Lipinski definition) is 2. The van der Waals surface area contributed by atoms with E-state index in [9.17, 15) is 4.79 Å². The van der Waals surface area contributed by atoms with E-state index in [4.69, 9.17) is 0 Å². The lowest BCUT2D eigenvalue weighted by molar-refractivity contribution is -0.138. The normalized spacial score (nSPS) is 25.9. The molecule has 17 heavy (non-hydrogen) atoms. The number of likely N-dealkylation sites (N-methyl/N-ethyl adjacent to an activating group) is 1. The average Bonchev–Trinajstić information content (AvgIpc) is 2.77. The third-order valence-corrected chi connectivity index (χ3v) is 4.02. The van der Waals surface area contributed by atoms with E-state index in [1.807, 2.05) is 11.9 Å². The van der Waals surface area contributed by atoms with Gasteiger partial charge in [0.1, 0.15) is 0 Å². The highest BCUT2D eigenvalue weighted by Crippen LogP contribution is 2.27. The Hall–Kier alpha value is -0.570. The Balaban J connectivity index is 2.70. The molecule has 1 fully saturated rings. The van der Waals surface area contributed by atoms with E-state index in [1.54, 1.807) is 0 Å². The molecule has 1 heterocycles. The largest absolute Gasteiger partial charge is 0.341 e. The lowest BCUT2D eigenvalue weighted by Gasteiger charge is -2.35. The van der Waals surface area contributed by atoms with Crippen LogP contribution >= 0.6 is 0 Å². The van der Waals surface area contributed by atoms with E-state index in [-0.39, 0.29) is 5.54 Å². The van der Waals surface area contributed by atoms with E-state index < -0.39 is 0 Å². The molecule has 2 unspecified atom stereocenters. The fourth-order valence-electron chi connectivity index (χ4n) is 2.89. The van der Waals surface area contributed by atoms with E-state index in [0.717, 1.165) is 45.1 Å². The first-order valence-corrected chi connectivity index (χ1v) is 7.09. The summed E-state index contributed by atoms with van der Waals surface area (Å²) in [5, 5.41) is 3.46. The second-order valence-electron chi connectivity index (χ2n) is 5.42. The number of hydrogen-bond donors (Lipinski definition) is 1. The molecule has 1 aliphatic heterocycles. The zero-order valence-electron chi connectivity index (χ0n) is 11.9. The molecular formula is C14H28N2O. The lowest BCUT2D eigenvalue weighted by Crippen LogP contribution is -2.55. The zero-order valence-corrected chi connectivity index (χ0v) is 11.9. The first-order valence-electron chi connectivity index (χ1n) is 7.09. The van der Waals surface area contributed by atoms with E-state index in [0.29, 0.717) is 11.9 Å². The molecule has 0 aromatic carbocycles. The van der Waals surface area contributed by atoms with Crippen molar-refractivity contribution in [3.63, 3.8) is 0 Å². The van der Waals surface area contributed by atoms with Crippen molar-refractivity contribution in [1.29, 1.82) is 0 Å². The molecule has 0 radical (unpaired) electrons. The quantitative estimate of drug-likeness (QED) is 0.774. The van der Waals surface area contributed by atoms with Crippen LogP contribution in [0.2, 0.25) is 0 Å². The van der Waals surface area contributed by atoms with Crippen molar-refractivity contribution in [1.82, 2.24) is 10.2 Å². The zero-order chi connectivity index (χ0) is 12.9. The van der Waals surface area contributed by atoms with Crippen molar-refractivity contribution < 1.29 is 4.79 Å². The Morgan fingerprint density at radius 2 is 2.12 bits per heavy atom. The van der Waals surface area contributed by atoms with Gasteiger partial charge in [0.05, 0.1) is 5.54 Å². The molecule has 0 bridgehead atoms. The van der Waals surface area contributed by atoms with Gasteiger partial charge >= 0.3 is 0 Å². The molecule has 1 rings (SSSR count). The van der Waals surface area contributed by atoms with E-state index in [2.05, 4.69) is 26.1 Å². The molecule has 1 N–H and O–H groups in total. The molecule has 3 heteroatoms. The van der Waals surface area contributed by atoms with Gasteiger partial charge in [-0.1, -0.05) is 26.7 Å². The van der Waals surface area contributed by atoms with Gasteiger partial charge in [-0.3, -0.25) is 4.79 Å². The van der Waals surface area contributed by atoms with E-state index in [1.165, 1.54) is 0 Å². The molecule has 100 valence electrons. The number of carbonyl (C=O) groups excluding carboxylic acids is 1. The second-order valence-corrected chi connectivity index (χ2v) is 5.42. The molecular weight excluding hydrogens is 212 g/mol. The fraction of sp³-hybridized carbons (Fsp3) is 0.929. The Labute approximate surface area is 106 Å². The Morgan fingerprint density at radius 3 is 2.59 bits per heavy atom. The molecule has 1 saturated heterocycles. The van der Waals surface area contributed by atoms with Crippen LogP contribution in [0.4, 0.5) is 0 Å². The van der Waals surface area contributed by atoms with Crippen LogP contribution in [-0.2, 0) is 4.79 Å². The predicted octanol–water partition coefficient (Wildman–Crippen LogP) is 2.56. The molecule has 0 aromatic rings. The second kappa shape index (κ2) is 6.39. The number of carbonyl (C=O) groups is 1.